The number of hydrogen-bond acceptors (Lipinski definition) is 3. The molecule has 6 heteroatoms. The topological polar surface area (TPSA) is 86.7 Å². The van der Waals surface area contributed by atoms with E-state index in [0.717, 1.165) is 17.2 Å². The van der Waals surface area contributed by atoms with E-state index in [1.807, 2.05) is 31.2 Å². The number of nitrogens with zero attached hydrogens (tertiary/aromatic N) is 1. The Morgan fingerprint density at radius 1 is 1.25 bits per heavy atom. The molecule has 2 N–H and O–H groups in total. The van der Waals surface area contributed by atoms with Crippen molar-refractivity contribution in [3.63, 3.8) is 0 Å². The highest BCUT2D eigenvalue weighted by molar-refractivity contribution is 6.02. The minimum atomic E-state index is -1.25. The lowest BCUT2D eigenvalue weighted by atomic mass is 10.1. The van der Waals surface area contributed by atoms with Gasteiger partial charge in [-0.2, -0.15) is 0 Å². The van der Waals surface area contributed by atoms with E-state index in [1.165, 1.54) is 4.90 Å². The molecule has 1 aromatic carbocycles. The summed E-state index contributed by atoms with van der Waals surface area (Å²) in [5.41, 5.74) is 2.02. The number of rotatable bonds is 4. The number of benzene rings is 1. The monoisotopic (exact) mass is 276 g/mol. The summed E-state index contributed by atoms with van der Waals surface area (Å²) in [7, 11) is 1.55. The van der Waals surface area contributed by atoms with Crippen molar-refractivity contribution in [3.8, 4) is 0 Å². The van der Waals surface area contributed by atoms with Gasteiger partial charge in [0.25, 0.3) is 5.91 Å². The zero-order chi connectivity index (χ0) is 15.1. The molecule has 0 unspecified atom stereocenters. The van der Waals surface area contributed by atoms with Crippen molar-refractivity contribution in [1.29, 1.82) is 0 Å². The van der Waals surface area contributed by atoms with Gasteiger partial charge < -0.3 is 10.0 Å². The van der Waals surface area contributed by atoms with Gasteiger partial charge >= 0.3 is 12.0 Å². The highest BCUT2D eigenvalue weighted by Crippen LogP contribution is 2.09. The second-order valence-corrected chi connectivity index (χ2v) is 4.25. The molecule has 1 rings (SSSR count). The molecule has 0 aliphatic carbocycles. The van der Waals surface area contributed by atoms with Gasteiger partial charge in [0.1, 0.15) is 0 Å². The van der Waals surface area contributed by atoms with Crippen molar-refractivity contribution < 1.29 is 19.5 Å². The lowest BCUT2D eigenvalue weighted by molar-refractivity contribution is -0.131. The Morgan fingerprint density at radius 3 is 2.50 bits per heavy atom. The van der Waals surface area contributed by atoms with Gasteiger partial charge in [-0.1, -0.05) is 24.3 Å². The zero-order valence-corrected chi connectivity index (χ0v) is 11.3. The quantitative estimate of drug-likeness (QED) is 0.812. The number of urea groups is 1. The number of carboxylic acids is 1. The summed E-state index contributed by atoms with van der Waals surface area (Å²) in [4.78, 5) is 34.6. The van der Waals surface area contributed by atoms with Crippen LogP contribution in [0.3, 0.4) is 0 Å². The first-order chi connectivity index (χ1) is 9.40. The Kier molecular flexibility index (Phi) is 5.46. The zero-order valence-electron chi connectivity index (χ0n) is 11.3. The molecule has 0 spiro atoms. The first-order valence-electron chi connectivity index (χ1n) is 5.91. The van der Waals surface area contributed by atoms with Gasteiger partial charge in [0.2, 0.25) is 0 Å². The Hall–Kier alpha value is -2.63. The fourth-order valence-electron chi connectivity index (χ4n) is 1.50. The van der Waals surface area contributed by atoms with Gasteiger partial charge in [0.05, 0.1) is 0 Å². The van der Waals surface area contributed by atoms with Crippen LogP contribution in [0.15, 0.2) is 36.4 Å². The molecule has 0 radical (unpaired) electrons. The molecule has 0 heterocycles. The summed E-state index contributed by atoms with van der Waals surface area (Å²) in [5, 5.41) is 10.4. The van der Waals surface area contributed by atoms with Crippen LogP contribution in [0.1, 0.15) is 11.1 Å². The summed E-state index contributed by atoms with van der Waals surface area (Å²) in [6, 6.07) is 7.01. The van der Waals surface area contributed by atoms with Gasteiger partial charge in [-0.05, 0) is 18.1 Å². The van der Waals surface area contributed by atoms with E-state index in [4.69, 9.17) is 5.11 Å². The molecular weight excluding hydrogens is 260 g/mol. The van der Waals surface area contributed by atoms with E-state index in [-0.39, 0.29) is 0 Å². The molecule has 0 bridgehead atoms. The van der Waals surface area contributed by atoms with Crippen LogP contribution in [0.2, 0.25) is 0 Å². The number of nitrogens with one attached hydrogen (secondary N) is 1. The standard InChI is InChI=1S/C14H16N2O4/c1-10-5-3-4-6-11(10)9-16(2)14(20)15-12(17)7-8-13(18)19/h3-8H,9H2,1-2H3,(H,18,19)(H,15,17,20). The molecule has 106 valence electrons. The number of hydrogen-bond donors (Lipinski definition) is 2. The van der Waals surface area contributed by atoms with Crippen LogP contribution in [-0.2, 0) is 16.1 Å². The van der Waals surface area contributed by atoms with Crippen molar-refractivity contribution in [2.45, 2.75) is 13.5 Å². The summed E-state index contributed by atoms with van der Waals surface area (Å²) >= 11 is 0. The molecule has 3 amide bonds. The van der Waals surface area contributed by atoms with Crippen LogP contribution in [0.5, 0.6) is 0 Å². The summed E-state index contributed by atoms with van der Waals surface area (Å²) in [6.45, 7) is 2.29. The van der Waals surface area contributed by atoms with E-state index in [9.17, 15) is 14.4 Å². The lowest BCUT2D eigenvalue weighted by Crippen LogP contribution is -2.39. The fraction of sp³-hybridized carbons (Fsp3) is 0.214. The van der Waals surface area contributed by atoms with Crippen molar-refractivity contribution in [2.75, 3.05) is 7.05 Å². The normalized spacial score (nSPS) is 10.3. The maximum absolute atomic E-state index is 11.7. The minimum Gasteiger partial charge on any atom is -0.478 e. The van der Waals surface area contributed by atoms with Gasteiger partial charge in [0, 0.05) is 25.7 Å². The third-order valence-corrected chi connectivity index (χ3v) is 2.62. The largest absolute Gasteiger partial charge is 0.478 e. The fourth-order valence-corrected chi connectivity index (χ4v) is 1.50. The number of amides is 3. The SMILES string of the molecule is Cc1ccccc1CN(C)C(=O)NC(=O)C=CC(=O)O. The van der Waals surface area contributed by atoms with Crippen LogP contribution in [0.25, 0.3) is 0 Å². The Balaban J connectivity index is 2.58. The molecule has 0 saturated heterocycles. The van der Waals surface area contributed by atoms with Crippen LogP contribution in [0, 0.1) is 6.92 Å². The van der Waals surface area contributed by atoms with E-state index >= 15 is 0 Å². The third-order valence-electron chi connectivity index (χ3n) is 2.62. The average molecular weight is 276 g/mol. The molecule has 0 aromatic heterocycles. The molecule has 0 saturated carbocycles. The van der Waals surface area contributed by atoms with E-state index in [2.05, 4.69) is 5.32 Å². The molecule has 6 nitrogen and oxygen atoms in total. The van der Waals surface area contributed by atoms with E-state index in [1.54, 1.807) is 7.05 Å². The predicted molar refractivity (Wildman–Crippen MR) is 73.0 cm³/mol. The van der Waals surface area contributed by atoms with Crippen LogP contribution in [0.4, 0.5) is 4.79 Å². The smallest absolute Gasteiger partial charge is 0.328 e. The van der Waals surface area contributed by atoms with Gasteiger partial charge in [0.15, 0.2) is 0 Å². The molecule has 0 atom stereocenters. The van der Waals surface area contributed by atoms with Crippen molar-refractivity contribution >= 4 is 17.9 Å². The molecule has 0 aliphatic heterocycles. The first-order valence-corrected chi connectivity index (χ1v) is 5.91. The lowest BCUT2D eigenvalue weighted by Gasteiger charge is -2.18. The first kappa shape index (κ1) is 15.4. The minimum absolute atomic E-state index is 0.356. The second-order valence-electron chi connectivity index (χ2n) is 4.25. The summed E-state index contributed by atoms with van der Waals surface area (Å²) in [5.74, 6) is -2.02. The van der Waals surface area contributed by atoms with Crippen LogP contribution >= 0.6 is 0 Å². The summed E-state index contributed by atoms with van der Waals surface area (Å²) < 4.78 is 0. The molecule has 20 heavy (non-hydrogen) atoms. The number of aliphatic carboxylic acids is 1. The Morgan fingerprint density at radius 2 is 1.90 bits per heavy atom. The number of carboxylic acid groups (broad SMARTS) is 1. The molecule has 0 fully saturated rings. The van der Waals surface area contributed by atoms with Gasteiger partial charge in [-0.3, -0.25) is 10.1 Å². The Labute approximate surface area is 116 Å². The van der Waals surface area contributed by atoms with E-state index in [0.29, 0.717) is 12.6 Å². The maximum Gasteiger partial charge on any atom is 0.328 e. The van der Waals surface area contributed by atoms with Crippen molar-refractivity contribution in [3.05, 3.63) is 47.5 Å². The molecule has 1 aromatic rings. The average Bonchev–Trinajstić information content (AvgIpc) is 2.39. The predicted octanol–water partition coefficient (Wildman–Crippen LogP) is 1.30. The maximum atomic E-state index is 11.7. The highest BCUT2D eigenvalue weighted by atomic mass is 16.4. The van der Waals surface area contributed by atoms with Crippen molar-refractivity contribution in [1.82, 2.24) is 10.2 Å². The number of carbonyl (C=O) groups is 3. The van der Waals surface area contributed by atoms with Crippen LogP contribution in [-0.4, -0.2) is 35.0 Å². The van der Waals surface area contributed by atoms with Gasteiger partial charge in [-0.25, -0.2) is 9.59 Å². The van der Waals surface area contributed by atoms with Crippen LogP contribution < -0.4 is 5.32 Å². The van der Waals surface area contributed by atoms with E-state index < -0.39 is 17.9 Å². The Bertz CT molecular complexity index is 552. The van der Waals surface area contributed by atoms with Gasteiger partial charge in [-0.15, -0.1) is 0 Å². The summed E-state index contributed by atoms with van der Waals surface area (Å²) in [6.07, 6.45) is 1.46. The number of imide groups is 1. The molecular formula is C14H16N2O4. The third kappa shape index (κ3) is 4.93. The number of carbonyl (C=O) groups excluding carboxylic acids is 2. The molecule has 0 aliphatic rings. The highest BCUT2D eigenvalue weighted by Gasteiger charge is 2.12. The van der Waals surface area contributed by atoms with Crippen molar-refractivity contribution in [2.24, 2.45) is 0 Å². The second kappa shape index (κ2) is 7.08. The number of aryl methyl sites for hydroxylation is 1.